The van der Waals surface area contributed by atoms with Crippen molar-refractivity contribution >= 4 is 17.6 Å². The Bertz CT molecular complexity index is 773. The molecule has 4 rings (SSSR count). The summed E-state index contributed by atoms with van der Waals surface area (Å²) in [6, 6.07) is -1.35. The van der Waals surface area contributed by atoms with Crippen LogP contribution in [0.5, 0.6) is 0 Å². The summed E-state index contributed by atoms with van der Waals surface area (Å²) in [5.41, 5.74) is 4.25. The van der Waals surface area contributed by atoms with Gasteiger partial charge in [-0.3, -0.25) is 14.4 Å². The van der Waals surface area contributed by atoms with E-state index in [0.717, 1.165) is 25.7 Å². The van der Waals surface area contributed by atoms with Crippen LogP contribution in [0, 0.1) is 10.8 Å². The normalized spacial score (nSPS) is 33.3. The zero-order chi connectivity index (χ0) is 19.4. The number of nitrogens with two attached hydrogens (primary N) is 1. The molecular weight excluding hydrogens is 350 g/mol. The van der Waals surface area contributed by atoms with Crippen molar-refractivity contribution in [3.8, 4) is 0 Å². The minimum Gasteiger partial charge on any atom is -0.369 e. The van der Waals surface area contributed by atoms with Crippen molar-refractivity contribution in [2.75, 3.05) is 13.2 Å². The fraction of sp³-hybridized carbons (Fsp3) is 0.722. The van der Waals surface area contributed by atoms with Gasteiger partial charge in [-0.2, -0.15) is 0 Å². The fourth-order valence-electron chi connectivity index (χ4n) is 5.06. The monoisotopic (exact) mass is 375 g/mol. The number of hydrogen-bond acceptors (Lipinski definition) is 6. The van der Waals surface area contributed by atoms with Gasteiger partial charge >= 0.3 is 0 Å². The number of aromatic nitrogens is 3. The average molecular weight is 375 g/mol. The second-order valence-corrected chi connectivity index (χ2v) is 8.54. The third-order valence-corrected chi connectivity index (χ3v) is 6.68. The van der Waals surface area contributed by atoms with Crippen LogP contribution in [0.25, 0.3) is 0 Å². The first-order valence-corrected chi connectivity index (χ1v) is 9.38. The number of amides is 2. The topological polar surface area (TPSA) is 120 Å². The molecule has 2 saturated heterocycles. The summed E-state index contributed by atoms with van der Waals surface area (Å²) < 4.78 is 7.17. The average Bonchev–Trinajstić information content (AvgIpc) is 3.37. The van der Waals surface area contributed by atoms with Gasteiger partial charge in [0.25, 0.3) is 0 Å². The number of Topliss-reactive ketones (excluding diaryl/α,β-unsaturated/α-hetero) is 1. The van der Waals surface area contributed by atoms with Gasteiger partial charge < -0.3 is 15.4 Å². The van der Waals surface area contributed by atoms with Crippen molar-refractivity contribution in [3.63, 3.8) is 0 Å². The lowest BCUT2D eigenvalue weighted by atomic mass is 9.79. The minimum absolute atomic E-state index is 0.0729. The van der Waals surface area contributed by atoms with Crippen molar-refractivity contribution in [3.05, 3.63) is 12.4 Å². The lowest BCUT2D eigenvalue weighted by Crippen LogP contribution is -2.49. The van der Waals surface area contributed by atoms with E-state index in [1.54, 1.807) is 24.0 Å². The molecule has 9 nitrogen and oxygen atoms in total. The molecule has 0 bridgehead atoms. The molecular formula is C18H25N5O4. The Balaban J connectivity index is 1.73. The maximum Gasteiger partial charge on any atom is 0.248 e. The molecule has 1 aromatic rings. The number of fused-ring (bicyclic) bond motifs is 1. The molecule has 1 aliphatic carbocycles. The van der Waals surface area contributed by atoms with E-state index in [9.17, 15) is 14.4 Å². The summed E-state index contributed by atoms with van der Waals surface area (Å²) in [6.07, 6.45) is 6.40. The van der Waals surface area contributed by atoms with Crippen molar-refractivity contribution < 1.29 is 19.1 Å². The highest BCUT2D eigenvalue weighted by Crippen LogP contribution is 2.49. The third-order valence-electron chi connectivity index (χ3n) is 6.68. The van der Waals surface area contributed by atoms with Gasteiger partial charge in [0.2, 0.25) is 11.8 Å². The molecule has 3 fully saturated rings. The van der Waals surface area contributed by atoms with E-state index in [1.807, 2.05) is 0 Å². The van der Waals surface area contributed by atoms with E-state index in [-0.39, 0.29) is 30.3 Å². The molecule has 146 valence electrons. The summed E-state index contributed by atoms with van der Waals surface area (Å²) >= 11 is 0. The lowest BCUT2D eigenvalue weighted by molar-refractivity contribution is -0.143. The van der Waals surface area contributed by atoms with Crippen molar-refractivity contribution in [2.24, 2.45) is 16.6 Å². The summed E-state index contributed by atoms with van der Waals surface area (Å²) in [7, 11) is 0. The molecule has 0 aromatic carbocycles. The third kappa shape index (κ3) is 2.59. The highest BCUT2D eigenvalue weighted by Gasteiger charge is 2.62. The number of ketones is 1. The zero-order valence-corrected chi connectivity index (χ0v) is 15.6. The SMILES string of the molecule is CC1([C@@H](C(=O)N2C[C@](C)(C(N)=O)[C@H]3OCC(=O)[C@H]32)n2ccnn2)CCCC1. The van der Waals surface area contributed by atoms with Crippen LogP contribution in [0.3, 0.4) is 0 Å². The lowest BCUT2D eigenvalue weighted by Gasteiger charge is -2.36. The number of primary amides is 1. The first-order valence-electron chi connectivity index (χ1n) is 9.38. The van der Waals surface area contributed by atoms with E-state index in [2.05, 4.69) is 17.2 Å². The van der Waals surface area contributed by atoms with Gasteiger partial charge in [0.1, 0.15) is 24.8 Å². The van der Waals surface area contributed by atoms with Crippen LogP contribution in [0.4, 0.5) is 0 Å². The van der Waals surface area contributed by atoms with Crippen LogP contribution >= 0.6 is 0 Å². The van der Waals surface area contributed by atoms with Crippen molar-refractivity contribution in [2.45, 2.75) is 57.7 Å². The second-order valence-electron chi connectivity index (χ2n) is 8.54. The largest absolute Gasteiger partial charge is 0.369 e. The van der Waals surface area contributed by atoms with Crippen molar-refractivity contribution in [1.82, 2.24) is 19.9 Å². The molecule has 2 N–H and O–H groups in total. The first kappa shape index (κ1) is 18.1. The Labute approximate surface area is 157 Å². The first-order chi connectivity index (χ1) is 12.8. The predicted molar refractivity (Wildman–Crippen MR) is 93.2 cm³/mol. The van der Waals surface area contributed by atoms with Gasteiger partial charge in [0, 0.05) is 12.7 Å². The molecule has 1 saturated carbocycles. The van der Waals surface area contributed by atoms with Gasteiger partial charge in [-0.05, 0) is 25.2 Å². The predicted octanol–water partition coefficient (Wildman–Crippen LogP) is 0.0698. The summed E-state index contributed by atoms with van der Waals surface area (Å²) in [6.45, 7) is 3.72. The van der Waals surface area contributed by atoms with Crippen LogP contribution in [-0.2, 0) is 19.1 Å². The summed E-state index contributed by atoms with van der Waals surface area (Å²) in [5, 5.41) is 7.96. The number of carbonyl (C=O) groups is 3. The molecule has 0 radical (unpaired) electrons. The molecule has 2 aliphatic heterocycles. The Morgan fingerprint density at radius 3 is 2.63 bits per heavy atom. The number of nitrogens with zero attached hydrogens (tertiary/aromatic N) is 4. The molecule has 0 spiro atoms. The van der Waals surface area contributed by atoms with Gasteiger partial charge in [-0.25, -0.2) is 4.68 Å². The summed E-state index contributed by atoms with van der Waals surface area (Å²) in [5.74, 6) is -0.970. The van der Waals surface area contributed by atoms with E-state index < -0.39 is 29.5 Å². The van der Waals surface area contributed by atoms with Crippen LogP contribution in [-0.4, -0.2) is 62.8 Å². The molecule has 2 amide bonds. The number of hydrogen-bond donors (Lipinski definition) is 1. The zero-order valence-electron chi connectivity index (χ0n) is 15.6. The molecule has 9 heteroatoms. The van der Waals surface area contributed by atoms with E-state index >= 15 is 0 Å². The summed E-state index contributed by atoms with van der Waals surface area (Å²) in [4.78, 5) is 39.8. The molecule has 4 atom stereocenters. The van der Waals surface area contributed by atoms with E-state index in [4.69, 9.17) is 10.5 Å². The number of carbonyl (C=O) groups excluding carboxylic acids is 3. The van der Waals surface area contributed by atoms with Gasteiger partial charge in [0.05, 0.1) is 11.6 Å². The van der Waals surface area contributed by atoms with Crippen LogP contribution in [0.1, 0.15) is 45.6 Å². The minimum atomic E-state index is -1.09. The molecule has 3 aliphatic rings. The standard InChI is InChI=1S/C18H25N5O4/c1-17(5-3-4-6-17)13(23-8-7-20-21-23)15(25)22-10-18(2,16(19)26)14-12(22)11(24)9-27-14/h7-8,12-14H,3-6,9-10H2,1-2H3,(H2,19,26)/t12-,13-,14+,18+/m1/s1. The Kier molecular flexibility index (Phi) is 4.10. The van der Waals surface area contributed by atoms with Crippen LogP contribution in [0.2, 0.25) is 0 Å². The molecule has 0 unspecified atom stereocenters. The van der Waals surface area contributed by atoms with Gasteiger partial charge in [-0.1, -0.05) is 25.0 Å². The number of rotatable bonds is 4. The number of likely N-dealkylation sites (tertiary alicyclic amines) is 1. The Morgan fingerprint density at radius 2 is 2.04 bits per heavy atom. The fourth-order valence-corrected chi connectivity index (χ4v) is 5.06. The Hall–Kier alpha value is -2.29. The van der Waals surface area contributed by atoms with Gasteiger partial charge in [-0.15, -0.1) is 5.10 Å². The maximum absolute atomic E-state index is 13.7. The smallest absolute Gasteiger partial charge is 0.248 e. The van der Waals surface area contributed by atoms with Crippen LogP contribution < -0.4 is 5.73 Å². The molecule has 1 aromatic heterocycles. The highest BCUT2D eigenvalue weighted by molar-refractivity contribution is 5.97. The Morgan fingerprint density at radius 1 is 1.33 bits per heavy atom. The van der Waals surface area contributed by atoms with Crippen LogP contribution in [0.15, 0.2) is 12.4 Å². The van der Waals surface area contributed by atoms with E-state index in [0.29, 0.717) is 0 Å². The van der Waals surface area contributed by atoms with Gasteiger partial charge in [0.15, 0.2) is 5.78 Å². The quantitative estimate of drug-likeness (QED) is 0.795. The highest BCUT2D eigenvalue weighted by atomic mass is 16.5. The number of ether oxygens (including phenoxy) is 1. The second kappa shape index (κ2) is 6.12. The van der Waals surface area contributed by atoms with E-state index in [1.165, 1.54) is 4.90 Å². The molecule has 3 heterocycles. The maximum atomic E-state index is 13.7. The van der Waals surface area contributed by atoms with Crippen molar-refractivity contribution in [1.29, 1.82) is 0 Å². The molecule has 27 heavy (non-hydrogen) atoms.